The number of nitrogens with one attached hydrogen (secondary N) is 7. The van der Waals surface area contributed by atoms with Crippen LogP contribution in [-0.2, 0) is 44.8 Å². The van der Waals surface area contributed by atoms with Crippen LogP contribution in [0.25, 0.3) is 10.9 Å². The summed E-state index contributed by atoms with van der Waals surface area (Å²) >= 11 is 0. The fraction of sp³-hybridized carbons (Fsp3) is 0.463. The number of allylic oxidation sites excluding steroid dienone is 3. The molecule has 5 rings (SSSR count). The first-order valence-electron chi connectivity index (χ1n) is 20.6. The van der Waals surface area contributed by atoms with Crippen molar-refractivity contribution < 1.29 is 48.6 Å². The lowest BCUT2D eigenvalue weighted by Crippen LogP contribution is -2.61. The Bertz CT molecular complexity index is 2170. The average molecular weight is 877 g/mol. The van der Waals surface area contributed by atoms with Crippen LogP contribution in [0.3, 0.4) is 0 Å². The van der Waals surface area contributed by atoms with Crippen LogP contribution in [0.4, 0.5) is 0 Å². The second kappa shape index (κ2) is 21.3. The summed E-state index contributed by atoms with van der Waals surface area (Å²) in [6.45, 7) is 2.64. The molecular formula is C41H56N12O10. The molecule has 1 saturated heterocycles. The van der Waals surface area contributed by atoms with Gasteiger partial charge in [-0.3, -0.25) is 43.4 Å². The van der Waals surface area contributed by atoms with Crippen molar-refractivity contribution in [3.8, 4) is 0 Å². The number of carbonyl (C=O) groups is 8. The largest absolute Gasteiger partial charge is 0.481 e. The number of hydrazine groups is 2. The average Bonchev–Trinajstić information content (AvgIpc) is 4.09. The third-order valence-corrected chi connectivity index (χ3v) is 11.4. The molecule has 7 amide bonds. The van der Waals surface area contributed by atoms with Gasteiger partial charge < -0.3 is 64.0 Å². The quantitative estimate of drug-likeness (QED) is 0.0581. The number of carbonyl (C=O) groups excluding carboxylic acids is 7. The molecule has 2 aromatic rings. The first-order chi connectivity index (χ1) is 30.0. The molecule has 15 N–H and O–H groups in total. The normalized spacial score (nSPS) is 19.7. The number of likely N-dealkylation sites (tertiary alicyclic amines) is 1. The second-order valence-corrected chi connectivity index (χ2v) is 15.8. The number of fused-ring (bicyclic) bond motifs is 1. The molecule has 8 atom stereocenters. The SMILES string of the molecule is CC[C@H](C)[C@H](NC(=O)[C@H](CC(N)=O)NC(=O)[C@@H](N)CCC(=O)O)C(=O)N1CC(C2=CN(C3=CC=CC3)NN2)C[C@H]1C(=O)N[C@@H](Cc1c[nH]c2ccccc12)C(=O)N[C@@H](CO)C(N)=O. The maximum Gasteiger partial charge on any atom is 0.303 e. The van der Waals surface area contributed by atoms with Gasteiger partial charge in [-0.2, -0.15) is 0 Å². The van der Waals surface area contributed by atoms with Crippen molar-refractivity contribution in [1.29, 1.82) is 0 Å². The van der Waals surface area contributed by atoms with E-state index in [0.29, 0.717) is 24.1 Å². The number of aromatic nitrogens is 1. The second-order valence-electron chi connectivity index (χ2n) is 15.8. The van der Waals surface area contributed by atoms with Crippen molar-refractivity contribution in [2.75, 3.05) is 13.2 Å². The van der Waals surface area contributed by atoms with Crippen LogP contribution in [0.15, 0.2) is 66.3 Å². The summed E-state index contributed by atoms with van der Waals surface area (Å²) < 4.78 is 0. The van der Waals surface area contributed by atoms with Crippen LogP contribution < -0.4 is 49.4 Å². The number of carboxylic acids is 1. The molecule has 0 bridgehead atoms. The van der Waals surface area contributed by atoms with Gasteiger partial charge in [-0.25, -0.2) is 0 Å². The minimum Gasteiger partial charge on any atom is -0.481 e. The number of amides is 7. The van der Waals surface area contributed by atoms with E-state index in [1.807, 2.05) is 42.6 Å². The Hall–Kier alpha value is -6.78. The molecule has 1 aliphatic carbocycles. The van der Waals surface area contributed by atoms with Gasteiger partial charge in [0.1, 0.15) is 30.2 Å². The Balaban J connectivity index is 1.45. The fourth-order valence-electron chi connectivity index (χ4n) is 7.55. The zero-order valence-corrected chi connectivity index (χ0v) is 35.0. The highest BCUT2D eigenvalue weighted by atomic mass is 16.4. The monoisotopic (exact) mass is 876 g/mol. The summed E-state index contributed by atoms with van der Waals surface area (Å²) in [5, 5.41) is 31.5. The summed E-state index contributed by atoms with van der Waals surface area (Å²) in [5.74, 6) is -8.32. The number of benzene rings is 1. The summed E-state index contributed by atoms with van der Waals surface area (Å²) in [6.07, 6.45) is 8.92. The molecule has 1 fully saturated rings. The lowest BCUT2D eigenvalue weighted by Gasteiger charge is -2.33. The van der Waals surface area contributed by atoms with Gasteiger partial charge in [0, 0.05) is 60.7 Å². The van der Waals surface area contributed by atoms with Gasteiger partial charge in [-0.1, -0.05) is 50.6 Å². The number of carboxylic acid groups (broad SMARTS) is 1. The van der Waals surface area contributed by atoms with Crippen molar-refractivity contribution in [1.82, 2.24) is 47.1 Å². The van der Waals surface area contributed by atoms with Crippen LogP contribution in [-0.4, -0.2) is 122 Å². The first kappa shape index (κ1) is 47.3. The standard InChI is InChI=1S/C41H56N12O10/c1-3-21(2)35(49-39(61)29(16-33(43)55)46-37(59)26(42)12-13-34(56)57)41(63)52-18-23(30-19-53(51-50-30)24-8-4-5-9-24)15-32(52)40(62)47-28(38(60)48-31(20-54)36(44)58)14-22-17-45-27-11-7-6-10-25(22)27/h4-8,10-11,17,19,21,23,26,28-29,31-32,35,45,50-51,54H,3,9,12-16,18,20,42H2,1-2H3,(H2,43,55)(H2,44,58)(H,46,59)(H,47,62)(H,48,60)(H,49,61)(H,56,57)/t21-,23?,26-,28-,29-,31-,32-,35-/m0/s1. The van der Waals surface area contributed by atoms with E-state index in [1.165, 1.54) is 4.90 Å². The zero-order valence-electron chi connectivity index (χ0n) is 35.0. The number of primary amides is 2. The van der Waals surface area contributed by atoms with Crippen molar-refractivity contribution >= 4 is 58.2 Å². The smallest absolute Gasteiger partial charge is 0.303 e. The van der Waals surface area contributed by atoms with Crippen LogP contribution in [0, 0.1) is 11.8 Å². The van der Waals surface area contributed by atoms with Crippen molar-refractivity contribution in [3.63, 3.8) is 0 Å². The van der Waals surface area contributed by atoms with Gasteiger partial charge in [-0.15, -0.1) is 5.53 Å². The lowest BCUT2D eigenvalue weighted by molar-refractivity contribution is -0.143. The minimum absolute atomic E-state index is 0.0289. The molecular weight excluding hydrogens is 821 g/mol. The highest BCUT2D eigenvalue weighted by Gasteiger charge is 2.46. The van der Waals surface area contributed by atoms with Gasteiger partial charge in [0.2, 0.25) is 41.4 Å². The number of aliphatic hydroxyl groups excluding tert-OH is 1. The number of para-hydroxylation sites is 1. The van der Waals surface area contributed by atoms with Gasteiger partial charge in [0.15, 0.2) is 0 Å². The Morgan fingerprint density at radius 2 is 1.67 bits per heavy atom. The number of aromatic amines is 1. The molecule has 340 valence electrons. The number of aliphatic hydroxyl groups is 1. The van der Waals surface area contributed by atoms with E-state index < -0.39 is 115 Å². The van der Waals surface area contributed by atoms with E-state index in [1.54, 1.807) is 31.1 Å². The molecule has 22 heteroatoms. The molecule has 1 unspecified atom stereocenters. The van der Waals surface area contributed by atoms with Crippen LogP contribution >= 0.6 is 0 Å². The number of H-pyrrole nitrogens is 1. The topological polar surface area (TPSA) is 350 Å². The van der Waals surface area contributed by atoms with Crippen LogP contribution in [0.2, 0.25) is 0 Å². The molecule has 3 heterocycles. The van der Waals surface area contributed by atoms with E-state index in [0.717, 1.165) is 16.6 Å². The Labute approximate surface area is 362 Å². The summed E-state index contributed by atoms with van der Waals surface area (Å²) in [7, 11) is 0. The fourth-order valence-corrected chi connectivity index (χ4v) is 7.55. The van der Waals surface area contributed by atoms with Crippen LogP contribution in [0.5, 0.6) is 0 Å². The summed E-state index contributed by atoms with van der Waals surface area (Å²) in [5.41, 5.74) is 25.9. The third-order valence-electron chi connectivity index (χ3n) is 11.4. The van der Waals surface area contributed by atoms with E-state index >= 15 is 0 Å². The van der Waals surface area contributed by atoms with Gasteiger partial charge in [-0.05, 0) is 36.5 Å². The molecule has 63 heavy (non-hydrogen) atoms. The number of hydrogen-bond donors (Lipinski definition) is 12. The highest BCUT2D eigenvalue weighted by Crippen LogP contribution is 2.32. The Morgan fingerprint density at radius 3 is 2.32 bits per heavy atom. The zero-order chi connectivity index (χ0) is 46.0. The maximum atomic E-state index is 14.9. The molecule has 1 aromatic heterocycles. The van der Waals surface area contributed by atoms with E-state index in [9.17, 15) is 43.5 Å². The lowest BCUT2D eigenvalue weighted by atomic mass is 9.96. The predicted molar refractivity (Wildman–Crippen MR) is 226 cm³/mol. The molecule has 1 aromatic carbocycles. The number of aliphatic carboxylic acids is 1. The number of nitrogens with two attached hydrogens (primary N) is 3. The molecule has 0 spiro atoms. The molecule has 0 saturated carbocycles. The van der Waals surface area contributed by atoms with Gasteiger partial charge in [0.05, 0.1) is 24.8 Å². The molecule has 2 aliphatic heterocycles. The Morgan fingerprint density at radius 1 is 0.952 bits per heavy atom. The maximum absolute atomic E-state index is 14.9. The highest BCUT2D eigenvalue weighted by molar-refractivity contribution is 5.98. The molecule has 22 nitrogen and oxygen atoms in total. The van der Waals surface area contributed by atoms with Crippen molar-refractivity contribution in [3.05, 3.63) is 71.8 Å². The molecule has 0 radical (unpaired) electrons. The van der Waals surface area contributed by atoms with Gasteiger partial charge >= 0.3 is 5.97 Å². The van der Waals surface area contributed by atoms with Crippen LogP contribution in [0.1, 0.15) is 57.9 Å². The minimum atomic E-state index is -1.59. The predicted octanol–water partition coefficient (Wildman–Crippen LogP) is -2.53. The van der Waals surface area contributed by atoms with E-state index in [4.69, 9.17) is 22.3 Å². The van der Waals surface area contributed by atoms with Crippen molar-refractivity contribution in [2.24, 2.45) is 29.0 Å². The van der Waals surface area contributed by atoms with E-state index in [2.05, 4.69) is 37.2 Å². The number of rotatable bonds is 22. The third kappa shape index (κ3) is 12.0. The Kier molecular flexibility index (Phi) is 16.0. The van der Waals surface area contributed by atoms with E-state index in [-0.39, 0.29) is 25.8 Å². The van der Waals surface area contributed by atoms with Gasteiger partial charge in [0.25, 0.3) is 0 Å². The molecule has 3 aliphatic rings. The van der Waals surface area contributed by atoms with Crippen molar-refractivity contribution in [2.45, 2.75) is 95.0 Å². The number of hydrogen-bond acceptors (Lipinski definition) is 13. The number of nitrogens with zero attached hydrogens (tertiary/aromatic N) is 2. The summed E-state index contributed by atoms with van der Waals surface area (Å²) in [6, 6.07) is -0.984. The first-order valence-corrected chi connectivity index (χ1v) is 20.6. The summed E-state index contributed by atoms with van der Waals surface area (Å²) in [4.78, 5) is 110.